The molecule has 0 aliphatic carbocycles. The summed E-state index contributed by atoms with van der Waals surface area (Å²) in [5, 5.41) is 6.49. The average Bonchev–Trinajstić information content (AvgIpc) is 3.30. The monoisotopic (exact) mass is 399 g/mol. The number of carbonyl (C=O) groups is 1. The standard InChI is InChI=1S/C19H21N5OS2/c20-17-15-7-9-26-18(15)23-19(22-17)27-12-16(25)21-14-6-8-24(11-14)10-13-4-2-1-3-5-13/h1-5,7,9,14H,6,8,10-12H2,(H,21,25)(H2,20,22,23). The fourth-order valence-corrected chi connectivity index (χ4v) is 4.75. The Morgan fingerprint density at radius 1 is 1.30 bits per heavy atom. The van der Waals surface area contributed by atoms with Crippen molar-refractivity contribution in [2.24, 2.45) is 0 Å². The molecule has 3 heterocycles. The summed E-state index contributed by atoms with van der Waals surface area (Å²) in [6.45, 7) is 2.81. The van der Waals surface area contributed by atoms with Gasteiger partial charge in [-0.25, -0.2) is 9.97 Å². The smallest absolute Gasteiger partial charge is 0.230 e. The van der Waals surface area contributed by atoms with Crippen LogP contribution in [-0.4, -0.2) is 45.7 Å². The first-order valence-electron chi connectivity index (χ1n) is 8.86. The molecular weight excluding hydrogens is 378 g/mol. The van der Waals surface area contributed by atoms with Gasteiger partial charge in [-0.15, -0.1) is 11.3 Å². The van der Waals surface area contributed by atoms with Crippen LogP contribution in [0, 0.1) is 0 Å². The Balaban J connectivity index is 1.26. The van der Waals surface area contributed by atoms with Gasteiger partial charge in [-0.2, -0.15) is 0 Å². The lowest BCUT2D eigenvalue weighted by Gasteiger charge is -2.16. The fourth-order valence-electron chi connectivity index (χ4n) is 3.26. The highest BCUT2D eigenvalue weighted by Crippen LogP contribution is 2.26. The highest BCUT2D eigenvalue weighted by atomic mass is 32.2. The topological polar surface area (TPSA) is 84.1 Å². The third-order valence-electron chi connectivity index (χ3n) is 4.55. The Kier molecular flexibility index (Phi) is 5.56. The molecule has 0 spiro atoms. The lowest BCUT2D eigenvalue weighted by atomic mass is 10.2. The van der Waals surface area contributed by atoms with Crippen molar-refractivity contribution in [2.75, 3.05) is 24.6 Å². The molecule has 4 rings (SSSR count). The van der Waals surface area contributed by atoms with Gasteiger partial charge in [-0.05, 0) is 23.4 Å². The molecule has 6 nitrogen and oxygen atoms in total. The molecule has 1 aliphatic rings. The quantitative estimate of drug-likeness (QED) is 0.490. The van der Waals surface area contributed by atoms with E-state index in [1.807, 2.05) is 17.5 Å². The minimum absolute atomic E-state index is 0.0139. The van der Waals surface area contributed by atoms with Crippen molar-refractivity contribution in [1.29, 1.82) is 0 Å². The summed E-state index contributed by atoms with van der Waals surface area (Å²) < 4.78 is 0. The normalized spacial score (nSPS) is 17.4. The molecule has 27 heavy (non-hydrogen) atoms. The van der Waals surface area contributed by atoms with Gasteiger partial charge in [-0.1, -0.05) is 42.1 Å². The van der Waals surface area contributed by atoms with E-state index in [1.165, 1.54) is 28.7 Å². The lowest BCUT2D eigenvalue weighted by Crippen LogP contribution is -2.38. The molecule has 1 unspecified atom stereocenters. The number of nitrogen functional groups attached to an aromatic ring is 1. The molecular formula is C19H21N5OS2. The zero-order chi connectivity index (χ0) is 18.6. The number of benzene rings is 1. The van der Waals surface area contributed by atoms with Crippen LogP contribution in [0.1, 0.15) is 12.0 Å². The molecule has 1 atom stereocenters. The highest BCUT2D eigenvalue weighted by molar-refractivity contribution is 7.99. The van der Waals surface area contributed by atoms with Crippen molar-refractivity contribution in [2.45, 2.75) is 24.2 Å². The number of hydrogen-bond donors (Lipinski definition) is 2. The first-order chi connectivity index (χ1) is 13.2. The Morgan fingerprint density at radius 2 is 2.15 bits per heavy atom. The van der Waals surface area contributed by atoms with E-state index < -0.39 is 0 Å². The highest BCUT2D eigenvalue weighted by Gasteiger charge is 2.23. The molecule has 1 saturated heterocycles. The number of aromatic nitrogens is 2. The van der Waals surface area contributed by atoms with Crippen molar-refractivity contribution in [3.05, 3.63) is 47.3 Å². The molecule has 1 aliphatic heterocycles. The zero-order valence-electron chi connectivity index (χ0n) is 14.8. The predicted octanol–water partition coefficient (Wildman–Crippen LogP) is 2.76. The van der Waals surface area contributed by atoms with E-state index in [2.05, 4.69) is 44.5 Å². The predicted molar refractivity (Wildman–Crippen MR) is 111 cm³/mol. The van der Waals surface area contributed by atoms with E-state index in [1.54, 1.807) is 0 Å². The SMILES string of the molecule is Nc1nc(SCC(=O)NC2CCN(Cc3ccccc3)C2)nc2sccc12. The molecule has 3 aromatic rings. The Bertz CT molecular complexity index is 930. The van der Waals surface area contributed by atoms with Crippen LogP contribution in [0.4, 0.5) is 5.82 Å². The zero-order valence-corrected chi connectivity index (χ0v) is 16.4. The van der Waals surface area contributed by atoms with Crippen LogP contribution in [-0.2, 0) is 11.3 Å². The number of carbonyl (C=O) groups excluding carboxylic acids is 1. The van der Waals surface area contributed by atoms with E-state index in [0.717, 1.165) is 36.3 Å². The summed E-state index contributed by atoms with van der Waals surface area (Å²) >= 11 is 2.85. The van der Waals surface area contributed by atoms with Crippen LogP contribution in [0.25, 0.3) is 10.2 Å². The maximum absolute atomic E-state index is 12.3. The summed E-state index contributed by atoms with van der Waals surface area (Å²) in [6, 6.07) is 12.5. The number of thiophene rings is 1. The van der Waals surface area contributed by atoms with E-state index >= 15 is 0 Å². The maximum atomic E-state index is 12.3. The van der Waals surface area contributed by atoms with E-state index in [0.29, 0.717) is 16.7 Å². The number of hydrogen-bond acceptors (Lipinski definition) is 7. The Labute approximate surface area is 166 Å². The van der Waals surface area contributed by atoms with Crippen LogP contribution >= 0.6 is 23.1 Å². The lowest BCUT2D eigenvalue weighted by molar-refractivity contribution is -0.119. The summed E-state index contributed by atoms with van der Waals surface area (Å²) in [7, 11) is 0. The maximum Gasteiger partial charge on any atom is 0.230 e. The van der Waals surface area contributed by atoms with Gasteiger partial charge in [0.05, 0.1) is 11.1 Å². The fraction of sp³-hybridized carbons (Fsp3) is 0.316. The van der Waals surface area contributed by atoms with Crippen LogP contribution in [0.2, 0.25) is 0 Å². The molecule has 0 bridgehead atoms. The Morgan fingerprint density at radius 3 is 3.00 bits per heavy atom. The molecule has 0 radical (unpaired) electrons. The van der Waals surface area contributed by atoms with E-state index in [4.69, 9.17) is 5.73 Å². The van der Waals surface area contributed by atoms with Crippen molar-refractivity contribution >= 4 is 45.0 Å². The van der Waals surface area contributed by atoms with Crippen molar-refractivity contribution in [3.63, 3.8) is 0 Å². The minimum atomic E-state index is 0.0139. The molecule has 1 aromatic carbocycles. The molecule has 8 heteroatoms. The number of anilines is 1. The van der Waals surface area contributed by atoms with Crippen molar-refractivity contribution in [3.8, 4) is 0 Å². The van der Waals surface area contributed by atoms with Crippen LogP contribution in [0.3, 0.4) is 0 Å². The number of nitrogens with zero attached hydrogens (tertiary/aromatic N) is 3. The number of amides is 1. The second-order valence-electron chi connectivity index (χ2n) is 6.59. The van der Waals surface area contributed by atoms with Gasteiger partial charge in [-0.3, -0.25) is 9.69 Å². The molecule has 0 saturated carbocycles. The summed E-state index contributed by atoms with van der Waals surface area (Å²) in [5.41, 5.74) is 7.26. The van der Waals surface area contributed by atoms with E-state index in [9.17, 15) is 4.79 Å². The minimum Gasteiger partial charge on any atom is -0.383 e. The molecule has 2 aromatic heterocycles. The van der Waals surface area contributed by atoms with E-state index in [-0.39, 0.29) is 11.9 Å². The Hall–Kier alpha value is -2.16. The van der Waals surface area contributed by atoms with Gasteiger partial charge in [0.15, 0.2) is 5.16 Å². The van der Waals surface area contributed by atoms with Gasteiger partial charge in [0.25, 0.3) is 0 Å². The molecule has 140 valence electrons. The number of nitrogens with one attached hydrogen (secondary N) is 1. The van der Waals surface area contributed by atoms with Gasteiger partial charge in [0, 0.05) is 25.7 Å². The van der Waals surface area contributed by atoms with Gasteiger partial charge >= 0.3 is 0 Å². The molecule has 1 amide bonds. The summed E-state index contributed by atoms with van der Waals surface area (Å²) in [6.07, 6.45) is 0.980. The number of nitrogens with two attached hydrogens (primary N) is 1. The number of rotatable bonds is 6. The van der Waals surface area contributed by atoms with Gasteiger partial charge in [0.1, 0.15) is 10.6 Å². The van der Waals surface area contributed by atoms with Crippen LogP contribution < -0.4 is 11.1 Å². The first-order valence-corrected chi connectivity index (χ1v) is 10.7. The third kappa shape index (κ3) is 4.58. The average molecular weight is 400 g/mol. The number of fused-ring (bicyclic) bond motifs is 1. The molecule has 1 fully saturated rings. The third-order valence-corrected chi connectivity index (χ3v) is 6.21. The number of likely N-dealkylation sites (tertiary alicyclic amines) is 1. The second-order valence-corrected chi connectivity index (χ2v) is 8.43. The van der Waals surface area contributed by atoms with Crippen molar-refractivity contribution < 1.29 is 4.79 Å². The largest absolute Gasteiger partial charge is 0.383 e. The van der Waals surface area contributed by atoms with Gasteiger partial charge in [0.2, 0.25) is 5.91 Å². The summed E-state index contributed by atoms with van der Waals surface area (Å²) in [5.74, 6) is 0.780. The van der Waals surface area contributed by atoms with Crippen LogP contribution in [0.5, 0.6) is 0 Å². The molecule has 3 N–H and O–H groups in total. The van der Waals surface area contributed by atoms with Crippen molar-refractivity contribution in [1.82, 2.24) is 20.2 Å². The van der Waals surface area contributed by atoms with Gasteiger partial charge < -0.3 is 11.1 Å². The first kappa shape index (κ1) is 18.2. The number of thioether (sulfide) groups is 1. The van der Waals surface area contributed by atoms with Crippen LogP contribution in [0.15, 0.2) is 46.9 Å². The second kappa shape index (κ2) is 8.24. The summed E-state index contributed by atoms with van der Waals surface area (Å²) in [4.78, 5) is 24.3.